The summed E-state index contributed by atoms with van der Waals surface area (Å²) in [5.41, 5.74) is 1.97. The molecule has 2 aromatic rings. The minimum absolute atomic E-state index is 0.0468. The molecule has 3 atom stereocenters. The summed E-state index contributed by atoms with van der Waals surface area (Å²) < 4.78 is 26.9. The van der Waals surface area contributed by atoms with Crippen molar-refractivity contribution < 1.29 is 13.6 Å². The van der Waals surface area contributed by atoms with Gasteiger partial charge in [0.2, 0.25) is 5.91 Å². The van der Waals surface area contributed by atoms with Crippen molar-refractivity contribution in [3.8, 4) is 0 Å². The van der Waals surface area contributed by atoms with Crippen LogP contribution < -0.4 is 5.32 Å². The third-order valence-electron chi connectivity index (χ3n) is 5.83. The Kier molecular flexibility index (Phi) is 5.21. The molecular weight excluding hydrogens is 346 g/mol. The van der Waals surface area contributed by atoms with Gasteiger partial charge in [0, 0.05) is 31.5 Å². The third kappa shape index (κ3) is 3.88. The lowest BCUT2D eigenvalue weighted by Gasteiger charge is -2.31. The van der Waals surface area contributed by atoms with Gasteiger partial charge in [-0.2, -0.15) is 0 Å². The highest BCUT2D eigenvalue weighted by Crippen LogP contribution is 2.36. The first-order chi connectivity index (χ1) is 13.1. The number of nitrogens with one attached hydrogen (secondary N) is 1. The van der Waals surface area contributed by atoms with Gasteiger partial charge in [-0.15, -0.1) is 0 Å². The number of likely N-dealkylation sites (tertiary alicyclic amines) is 1. The minimum atomic E-state index is -0.821. The SMILES string of the molecule is O=C1CCCC[C@@H]2[C@@H](N1)[C@H](c1ccccc1)CN2Cc1ccc(F)c(F)c1. The monoisotopic (exact) mass is 370 g/mol. The van der Waals surface area contributed by atoms with Gasteiger partial charge in [0.25, 0.3) is 0 Å². The van der Waals surface area contributed by atoms with Crippen molar-refractivity contribution in [3.05, 3.63) is 71.3 Å². The van der Waals surface area contributed by atoms with E-state index in [1.165, 1.54) is 17.7 Å². The van der Waals surface area contributed by atoms with Gasteiger partial charge in [0.1, 0.15) is 0 Å². The number of amides is 1. The van der Waals surface area contributed by atoms with Crippen LogP contribution in [-0.2, 0) is 11.3 Å². The lowest BCUT2D eigenvalue weighted by molar-refractivity contribution is -0.122. The van der Waals surface area contributed by atoms with E-state index >= 15 is 0 Å². The molecule has 2 fully saturated rings. The maximum Gasteiger partial charge on any atom is 0.220 e. The fourth-order valence-electron chi connectivity index (χ4n) is 4.52. The third-order valence-corrected chi connectivity index (χ3v) is 5.83. The van der Waals surface area contributed by atoms with Crippen molar-refractivity contribution in [2.75, 3.05) is 6.54 Å². The molecule has 3 nitrogen and oxygen atoms in total. The highest BCUT2D eigenvalue weighted by molar-refractivity contribution is 5.76. The lowest BCUT2D eigenvalue weighted by Crippen LogP contribution is -2.47. The molecule has 0 aliphatic carbocycles. The molecule has 2 saturated heterocycles. The number of benzene rings is 2. The summed E-state index contributed by atoms with van der Waals surface area (Å²) in [5, 5.41) is 3.25. The largest absolute Gasteiger partial charge is 0.351 e. The van der Waals surface area contributed by atoms with Crippen LogP contribution in [0.3, 0.4) is 0 Å². The van der Waals surface area contributed by atoms with Crippen molar-refractivity contribution in [3.63, 3.8) is 0 Å². The average molecular weight is 370 g/mol. The van der Waals surface area contributed by atoms with Crippen LogP contribution in [0.5, 0.6) is 0 Å². The predicted octanol–water partition coefficient (Wildman–Crippen LogP) is 3.99. The maximum atomic E-state index is 13.6. The van der Waals surface area contributed by atoms with E-state index < -0.39 is 11.6 Å². The molecule has 1 N–H and O–H groups in total. The van der Waals surface area contributed by atoms with Crippen LogP contribution in [0.15, 0.2) is 48.5 Å². The molecule has 2 aliphatic rings. The smallest absolute Gasteiger partial charge is 0.220 e. The van der Waals surface area contributed by atoms with Gasteiger partial charge in [-0.1, -0.05) is 42.8 Å². The van der Waals surface area contributed by atoms with E-state index in [9.17, 15) is 13.6 Å². The number of fused-ring (bicyclic) bond motifs is 1. The van der Waals surface area contributed by atoms with Gasteiger partial charge in [-0.3, -0.25) is 9.69 Å². The number of nitrogens with zero attached hydrogens (tertiary/aromatic N) is 1. The Labute approximate surface area is 158 Å². The number of rotatable bonds is 3. The van der Waals surface area contributed by atoms with Crippen LogP contribution in [-0.4, -0.2) is 29.4 Å². The second kappa shape index (κ2) is 7.77. The van der Waals surface area contributed by atoms with Gasteiger partial charge in [-0.25, -0.2) is 8.78 Å². The fourth-order valence-corrected chi connectivity index (χ4v) is 4.52. The topological polar surface area (TPSA) is 32.3 Å². The van der Waals surface area contributed by atoms with Crippen molar-refractivity contribution in [2.45, 2.75) is 50.2 Å². The standard InChI is InChI=1S/C22H24F2N2O/c23-18-11-10-15(12-19(18)24)13-26-14-17(16-6-2-1-3-7-16)22-20(26)8-4-5-9-21(27)25-22/h1-3,6-7,10-12,17,20,22H,4-5,8-9,13-14H2,(H,25,27)/t17-,20+,22-/m0/s1. The van der Waals surface area contributed by atoms with Crippen molar-refractivity contribution in [1.82, 2.24) is 10.2 Å². The highest BCUT2D eigenvalue weighted by atomic mass is 19.2. The molecule has 0 bridgehead atoms. The fraction of sp³-hybridized carbons (Fsp3) is 0.409. The number of hydrogen-bond acceptors (Lipinski definition) is 2. The molecule has 0 radical (unpaired) electrons. The normalized spacial score (nSPS) is 26.1. The van der Waals surface area contributed by atoms with E-state index in [0.717, 1.165) is 31.4 Å². The second-order valence-corrected chi connectivity index (χ2v) is 7.60. The number of carbonyl (C=O) groups excluding carboxylic acids is 1. The maximum absolute atomic E-state index is 13.6. The Bertz CT molecular complexity index is 811. The van der Waals surface area contributed by atoms with Crippen LogP contribution >= 0.6 is 0 Å². The van der Waals surface area contributed by atoms with Gasteiger partial charge in [0.05, 0.1) is 6.04 Å². The van der Waals surface area contributed by atoms with Crippen LogP contribution in [0.25, 0.3) is 0 Å². The minimum Gasteiger partial charge on any atom is -0.351 e. The zero-order chi connectivity index (χ0) is 18.8. The van der Waals surface area contributed by atoms with E-state index in [-0.39, 0.29) is 23.9 Å². The number of hydrogen-bond donors (Lipinski definition) is 1. The molecule has 5 heteroatoms. The molecule has 0 aromatic heterocycles. The Hall–Kier alpha value is -2.27. The van der Waals surface area contributed by atoms with E-state index in [4.69, 9.17) is 0 Å². The first-order valence-electron chi connectivity index (χ1n) is 9.64. The molecule has 0 saturated carbocycles. The molecule has 0 unspecified atom stereocenters. The summed E-state index contributed by atoms with van der Waals surface area (Å²) in [6.45, 7) is 1.34. The van der Waals surface area contributed by atoms with Crippen LogP contribution in [0.2, 0.25) is 0 Å². The molecule has 142 valence electrons. The van der Waals surface area contributed by atoms with Gasteiger partial charge >= 0.3 is 0 Å². The average Bonchev–Trinajstić information content (AvgIpc) is 2.97. The molecule has 2 heterocycles. The Morgan fingerprint density at radius 1 is 1.04 bits per heavy atom. The summed E-state index contributed by atoms with van der Waals surface area (Å²) in [5.74, 6) is -1.32. The first-order valence-corrected chi connectivity index (χ1v) is 9.64. The summed E-state index contributed by atoms with van der Waals surface area (Å²) in [6, 6.07) is 14.6. The van der Waals surface area contributed by atoms with E-state index in [0.29, 0.717) is 13.0 Å². The molecule has 2 aromatic carbocycles. The van der Waals surface area contributed by atoms with Crippen LogP contribution in [0.1, 0.15) is 42.7 Å². The van der Waals surface area contributed by atoms with Gasteiger partial charge in [-0.05, 0) is 36.1 Å². The molecule has 1 amide bonds. The Balaban J connectivity index is 1.62. The number of halogens is 2. The second-order valence-electron chi connectivity index (χ2n) is 7.60. The predicted molar refractivity (Wildman–Crippen MR) is 100 cm³/mol. The highest BCUT2D eigenvalue weighted by Gasteiger charge is 2.43. The Morgan fingerprint density at radius 3 is 2.63 bits per heavy atom. The number of carbonyl (C=O) groups is 1. The van der Waals surface area contributed by atoms with E-state index in [1.807, 2.05) is 18.2 Å². The summed E-state index contributed by atoms with van der Waals surface area (Å²) in [6.07, 6.45) is 3.47. The quantitative estimate of drug-likeness (QED) is 0.886. The molecule has 27 heavy (non-hydrogen) atoms. The van der Waals surface area contributed by atoms with Crippen molar-refractivity contribution in [2.24, 2.45) is 0 Å². The van der Waals surface area contributed by atoms with E-state index in [2.05, 4.69) is 22.3 Å². The van der Waals surface area contributed by atoms with Crippen LogP contribution in [0.4, 0.5) is 8.78 Å². The molecular formula is C22H24F2N2O. The molecule has 4 rings (SSSR count). The molecule has 2 aliphatic heterocycles. The van der Waals surface area contributed by atoms with Crippen LogP contribution in [0, 0.1) is 11.6 Å². The zero-order valence-corrected chi connectivity index (χ0v) is 15.2. The zero-order valence-electron chi connectivity index (χ0n) is 15.2. The molecule has 0 spiro atoms. The summed E-state index contributed by atoms with van der Waals surface area (Å²) in [4.78, 5) is 14.6. The lowest BCUT2D eigenvalue weighted by atomic mass is 9.88. The first kappa shape index (κ1) is 18.1. The summed E-state index contributed by atoms with van der Waals surface area (Å²) >= 11 is 0. The van der Waals surface area contributed by atoms with Gasteiger partial charge < -0.3 is 5.32 Å². The van der Waals surface area contributed by atoms with E-state index in [1.54, 1.807) is 6.07 Å². The van der Waals surface area contributed by atoms with Crippen molar-refractivity contribution >= 4 is 5.91 Å². The Morgan fingerprint density at radius 2 is 1.85 bits per heavy atom. The summed E-state index contributed by atoms with van der Waals surface area (Å²) in [7, 11) is 0. The van der Waals surface area contributed by atoms with Crippen molar-refractivity contribution in [1.29, 1.82) is 0 Å². The van der Waals surface area contributed by atoms with Gasteiger partial charge in [0.15, 0.2) is 11.6 Å².